The lowest BCUT2D eigenvalue weighted by atomic mass is 10.1. The average Bonchev–Trinajstić information content (AvgIpc) is 2.18. The van der Waals surface area contributed by atoms with E-state index < -0.39 is 0 Å². The van der Waals surface area contributed by atoms with Crippen LogP contribution in [0.5, 0.6) is 0 Å². The van der Waals surface area contributed by atoms with Gasteiger partial charge in [0.15, 0.2) is 0 Å². The van der Waals surface area contributed by atoms with E-state index in [0.717, 1.165) is 12.6 Å². The molecule has 2 heteroatoms. The van der Waals surface area contributed by atoms with Crippen LogP contribution in [-0.2, 0) is 0 Å². The van der Waals surface area contributed by atoms with Crippen molar-refractivity contribution in [1.82, 2.24) is 0 Å². The highest BCUT2D eigenvalue weighted by atomic mass is 15.1. The van der Waals surface area contributed by atoms with Gasteiger partial charge in [0.05, 0.1) is 26.2 Å². The van der Waals surface area contributed by atoms with Gasteiger partial charge in [-0.1, -0.05) is 0 Å². The number of rotatable bonds is 2. The van der Waals surface area contributed by atoms with Gasteiger partial charge in [-0.25, -0.2) is 0 Å². The van der Waals surface area contributed by atoms with Crippen molar-refractivity contribution in [2.24, 2.45) is 0 Å². The summed E-state index contributed by atoms with van der Waals surface area (Å²) in [4.78, 5) is 1.72. The molecule has 0 aromatic heterocycles. The number of hydrogen-bond acceptors (Lipinski definition) is 0. The van der Waals surface area contributed by atoms with Crippen LogP contribution in [0.4, 0.5) is 0 Å². The van der Waals surface area contributed by atoms with Crippen molar-refractivity contribution in [3.05, 3.63) is 0 Å². The Morgan fingerprint density at radius 2 is 2.44 bits per heavy atom. The highest BCUT2D eigenvalue weighted by Gasteiger charge is 2.23. The standard InChI is InChI=1S/C7H16N2/c1-9-6-2-3-7(9)4-5-8/h7H,2-6,8H2,1H3/p+2/t7-/m0/s1. The Balaban J connectivity index is 2.22. The van der Waals surface area contributed by atoms with Crippen molar-refractivity contribution in [2.75, 3.05) is 20.1 Å². The summed E-state index contributed by atoms with van der Waals surface area (Å²) in [6, 6.07) is 0.933. The van der Waals surface area contributed by atoms with Gasteiger partial charge in [-0.3, -0.25) is 0 Å². The molecular weight excluding hydrogens is 112 g/mol. The Morgan fingerprint density at radius 3 is 2.89 bits per heavy atom. The van der Waals surface area contributed by atoms with E-state index in [1.165, 1.54) is 25.8 Å². The molecule has 0 aromatic carbocycles. The van der Waals surface area contributed by atoms with Crippen LogP contribution >= 0.6 is 0 Å². The zero-order chi connectivity index (χ0) is 6.69. The molecule has 0 saturated carbocycles. The van der Waals surface area contributed by atoms with Gasteiger partial charge >= 0.3 is 0 Å². The fourth-order valence-corrected chi connectivity index (χ4v) is 1.71. The van der Waals surface area contributed by atoms with Gasteiger partial charge in [-0.05, 0) is 0 Å². The third kappa shape index (κ3) is 1.66. The third-order valence-corrected chi connectivity index (χ3v) is 2.37. The molecule has 1 aliphatic rings. The molecular formula is C7H18N2+2. The lowest BCUT2D eigenvalue weighted by Crippen LogP contribution is -3.10. The Morgan fingerprint density at radius 1 is 1.67 bits per heavy atom. The smallest absolute Gasteiger partial charge is 0.0929 e. The fraction of sp³-hybridized carbons (Fsp3) is 1.00. The maximum absolute atomic E-state index is 3.87. The molecule has 0 spiro atoms. The summed E-state index contributed by atoms with van der Waals surface area (Å²) in [6.07, 6.45) is 4.18. The first kappa shape index (κ1) is 7.03. The molecule has 1 aliphatic heterocycles. The van der Waals surface area contributed by atoms with E-state index in [9.17, 15) is 0 Å². The number of quaternary nitrogens is 2. The van der Waals surface area contributed by atoms with Gasteiger partial charge in [0.2, 0.25) is 0 Å². The van der Waals surface area contributed by atoms with E-state index in [4.69, 9.17) is 0 Å². The molecule has 9 heavy (non-hydrogen) atoms. The first-order valence-electron chi connectivity index (χ1n) is 3.96. The van der Waals surface area contributed by atoms with Crippen molar-refractivity contribution >= 4 is 0 Å². The van der Waals surface area contributed by atoms with Crippen LogP contribution in [0.15, 0.2) is 0 Å². The molecule has 0 amide bonds. The molecule has 2 atom stereocenters. The Labute approximate surface area is 57.0 Å². The highest BCUT2D eigenvalue weighted by molar-refractivity contribution is 4.59. The van der Waals surface area contributed by atoms with Crippen molar-refractivity contribution in [3.63, 3.8) is 0 Å². The van der Waals surface area contributed by atoms with Crippen LogP contribution in [0.2, 0.25) is 0 Å². The highest BCUT2D eigenvalue weighted by Crippen LogP contribution is 2.00. The van der Waals surface area contributed by atoms with E-state index in [-0.39, 0.29) is 0 Å². The summed E-state index contributed by atoms with van der Waals surface area (Å²) < 4.78 is 0. The van der Waals surface area contributed by atoms with E-state index in [1.54, 1.807) is 4.90 Å². The summed E-state index contributed by atoms with van der Waals surface area (Å²) in [5.41, 5.74) is 3.87. The maximum atomic E-state index is 3.87. The SMILES string of the molecule is C[NH+]1CCC[C@H]1CC[NH3+]. The van der Waals surface area contributed by atoms with Crippen LogP contribution in [0.3, 0.4) is 0 Å². The molecule has 54 valence electrons. The second kappa shape index (κ2) is 3.18. The van der Waals surface area contributed by atoms with Crippen LogP contribution in [0.25, 0.3) is 0 Å². The van der Waals surface area contributed by atoms with Crippen LogP contribution < -0.4 is 10.6 Å². The Bertz CT molecular complexity index is 83.0. The third-order valence-electron chi connectivity index (χ3n) is 2.37. The second-order valence-corrected chi connectivity index (χ2v) is 3.08. The minimum Gasteiger partial charge on any atom is -0.357 e. The molecule has 2 nitrogen and oxygen atoms in total. The van der Waals surface area contributed by atoms with Gasteiger partial charge in [0, 0.05) is 19.3 Å². The van der Waals surface area contributed by atoms with Gasteiger partial charge in [-0.15, -0.1) is 0 Å². The largest absolute Gasteiger partial charge is 0.357 e. The molecule has 1 fully saturated rings. The normalized spacial score (nSPS) is 35.3. The molecule has 1 saturated heterocycles. The minimum absolute atomic E-state index is 0.933. The molecule has 0 aliphatic carbocycles. The lowest BCUT2D eigenvalue weighted by Gasteiger charge is -2.13. The van der Waals surface area contributed by atoms with E-state index in [2.05, 4.69) is 12.8 Å². The van der Waals surface area contributed by atoms with Crippen LogP contribution in [0, 0.1) is 0 Å². The summed E-state index contributed by atoms with van der Waals surface area (Å²) in [7, 11) is 2.30. The first-order valence-corrected chi connectivity index (χ1v) is 3.96. The van der Waals surface area contributed by atoms with Gasteiger partial charge < -0.3 is 10.6 Å². The summed E-state index contributed by atoms with van der Waals surface area (Å²) in [5, 5.41) is 0. The quantitative estimate of drug-likeness (QED) is 0.446. The minimum atomic E-state index is 0.933. The lowest BCUT2D eigenvalue weighted by molar-refractivity contribution is -0.893. The first-order chi connectivity index (χ1) is 4.34. The predicted molar refractivity (Wildman–Crippen MR) is 37.1 cm³/mol. The second-order valence-electron chi connectivity index (χ2n) is 3.08. The van der Waals surface area contributed by atoms with Gasteiger partial charge in [0.25, 0.3) is 0 Å². The van der Waals surface area contributed by atoms with Crippen LogP contribution in [0.1, 0.15) is 19.3 Å². The number of hydrogen-bond donors (Lipinski definition) is 2. The average molecular weight is 130 g/mol. The monoisotopic (exact) mass is 130 g/mol. The zero-order valence-corrected chi connectivity index (χ0v) is 6.32. The van der Waals surface area contributed by atoms with E-state index in [1.807, 2.05) is 0 Å². The predicted octanol–water partition coefficient (Wildman–Crippen LogP) is -1.70. The molecule has 0 bridgehead atoms. The molecule has 1 unspecified atom stereocenters. The Kier molecular flexibility index (Phi) is 2.49. The summed E-state index contributed by atoms with van der Waals surface area (Å²) >= 11 is 0. The van der Waals surface area contributed by atoms with E-state index >= 15 is 0 Å². The maximum Gasteiger partial charge on any atom is 0.0929 e. The van der Waals surface area contributed by atoms with Gasteiger partial charge in [-0.2, -0.15) is 0 Å². The molecule has 0 aromatic rings. The van der Waals surface area contributed by atoms with Crippen molar-refractivity contribution < 1.29 is 10.6 Å². The van der Waals surface area contributed by atoms with Crippen molar-refractivity contribution in [1.29, 1.82) is 0 Å². The number of likely N-dealkylation sites (tertiary alicyclic amines) is 1. The topological polar surface area (TPSA) is 32.1 Å². The fourth-order valence-electron chi connectivity index (χ4n) is 1.71. The van der Waals surface area contributed by atoms with E-state index in [0.29, 0.717) is 0 Å². The molecule has 4 N–H and O–H groups in total. The number of nitrogens with one attached hydrogen (secondary N) is 1. The molecule has 1 rings (SSSR count). The summed E-state index contributed by atoms with van der Waals surface area (Å²) in [5.74, 6) is 0. The summed E-state index contributed by atoms with van der Waals surface area (Å²) in [6.45, 7) is 2.49. The Hall–Kier alpha value is -0.0800. The molecule has 0 radical (unpaired) electrons. The molecule has 1 heterocycles. The van der Waals surface area contributed by atoms with Gasteiger partial charge in [0.1, 0.15) is 0 Å². The van der Waals surface area contributed by atoms with Crippen molar-refractivity contribution in [2.45, 2.75) is 25.3 Å². The van der Waals surface area contributed by atoms with Crippen LogP contribution in [-0.4, -0.2) is 26.2 Å². The zero-order valence-electron chi connectivity index (χ0n) is 6.32. The van der Waals surface area contributed by atoms with Crippen molar-refractivity contribution in [3.8, 4) is 0 Å².